The van der Waals surface area contributed by atoms with Gasteiger partial charge in [-0.1, -0.05) is 0 Å². The minimum Gasteiger partial charge on any atom is -0.394 e. The molecule has 5 nitrogen and oxygen atoms in total. The lowest BCUT2D eigenvalue weighted by Gasteiger charge is -2.04. The largest absolute Gasteiger partial charge is 0.394 e. The van der Waals surface area contributed by atoms with Crippen LogP contribution in [-0.4, -0.2) is 26.5 Å². The number of aliphatic hydroxyl groups excluding tert-OH is 1. The van der Waals surface area contributed by atoms with Crippen LogP contribution in [0.4, 0.5) is 4.39 Å². The van der Waals surface area contributed by atoms with E-state index in [1.165, 1.54) is 18.2 Å². The van der Waals surface area contributed by atoms with Gasteiger partial charge in [0.1, 0.15) is 5.82 Å². The smallest absolute Gasteiger partial charge is 0.248 e. The van der Waals surface area contributed by atoms with Gasteiger partial charge in [0.05, 0.1) is 24.5 Å². The van der Waals surface area contributed by atoms with Crippen LogP contribution in [0.15, 0.2) is 53.5 Å². The molecule has 0 unspecified atom stereocenters. The van der Waals surface area contributed by atoms with Gasteiger partial charge in [0.15, 0.2) is 0 Å². The fraction of sp³-hybridized carbons (Fsp3) is 0.125. The Balaban J connectivity index is 2.09. The highest BCUT2D eigenvalue weighted by Gasteiger charge is 2.11. The summed E-state index contributed by atoms with van der Waals surface area (Å²) in [5, 5.41) is 13.6. The standard InChI is InChI=1S/C16H14FN3O2/c17-13-3-1-11(2-4-13)14-10-15(20(19-14)7-8-21)12-5-6-18-16(22)9-12/h1-6,9-10,21H,7-8H2,(H,18,22). The van der Waals surface area contributed by atoms with Crippen molar-refractivity contribution in [2.24, 2.45) is 0 Å². The maximum Gasteiger partial charge on any atom is 0.248 e. The summed E-state index contributed by atoms with van der Waals surface area (Å²) in [7, 11) is 0. The number of aromatic nitrogens is 3. The molecular weight excluding hydrogens is 285 g/mol. The molecule has 6 heteroatoms. The maximum absolute atomic E-state index is 13.0. The number of nitrogens with one attached hydrogen (secondary N) is 1. The van der Waals surface area contributed by atoms with Crippen molar-refractivity contribution < 1.29 is 9.50 Å². The van der Waals surface area contributed by atoms with Crippen molar-refractivity contribution in [1.29, 1.82) is 0 Å². The lowest BCUT2D eigenvalue weighted by Crippen LogP contribution is -2.08. The van der Waals surface area contributed by atoms with E-state index in [4.69, 9.17) is 0 Å². The molecule has 0 amide bonds. The number of nitrogens with zero attached hydrogens (tertiary/aromatic N) is 2. The Kier molecular flexibility index (Phi) is 3.84. The van der Waals surface area contributed by atoms with E-state index in [1.54, 1.807) is 29.1 Å². The number of halogens is 1. The molecule has 3 aromatic rings. The summed E-state index contributed by atoms with van der Waals surface area (Å²) in [6, 6.07) is 11.1. The van der Waals surface area contributed by atoms with Crippen LogP contribution in [0.2, 0.25) is 0 Å². The molecule has 0 aliphatic rings. The predicted octanol–water partition coefficient (Wildman–Crippen LogP) is 2.04. The summed E-state index contributed by atoms with van der Waals surface area (Å²) in [6.45, 7) is 0.240. The molecule has 2 heterocycles. The quantitative estimate of drug-likeness (QED) is 0.774. The molecule has 3 rings (SSSR count). The lowest BCUT2D eigenvalue weighted by molar-refractivity contribution is 0.270. The maximum atomic E-state index is 13.0. The Hall–Kier alpha value is -2.73. The van der Waals surface area contributed by atoms with E-state index in [-0.39, 0.29) is 18.0 Å². The third-order valence-corrected chi connectivity index (χ3v) is 3.30. The zero-order valence-electron chi connectivity index (χ0n) is 11.7. The second-order valence-electron chi connectivity index (χ2n) is 4.81. The van der Waals surface area contributed by atoms with Crippen molar-refractivity contribution in [2.45, 2.75) is 6.54 Å². The van der Waals surface area contributed by atoms with E-state index in [9.17, 15) is 14.3 Å². The van der Waals surface area contributed by atoms with Crippen molar-refractivity contribution in [3.8, 4) is 22.5 Å². The van der Waals surface area contributed by atoms with E-state index in [0.29, 0.717) is 17.8 Å². The van der Waals surface area contributed by atoms with Crippen LogP contribution in [0, 0.1) is 5.82 Å². The first-order valence-corrected chi connectivity index (χ1v) is 6.81. The van der Waals surface area contributed by atoms with Crippen molar-refractivity contribution in [2.75, 3.05) is 6.61 Å². The highest BCUT2D eigenvalue weighted by Crippen LogP contribution is 2.25. The molecule has 0 saturated carbocycles. The van der Waals surface area contributed by atoms with Gasteiger partial charge in [-0.05, 0) is 36.4 Å². The molecule has 0 saturated heterocycles. The van der Waals surface area contributed by atoms with Crippen LogP contribution in [0.5, 0.6) is 0 Å². The zero-order valence-corrected chi connectivity index (χ0v) is 11.7. The molecule has 2 N–H and O–H groups in total. The van der Waals surface area contributed by atoms with E-state index in [2.05, 4.69) is 10.1 Å². The van der Waals surface area contributed by atoms with Crippen LogP contribution in [0.25, 0.3) is 22.5 Å². The number of rotatable bonds is 4. The third kappa shape index (κ3) is 2.82. The molecule has 0 aliphatic carbocycles. The Bertz CT molecular complexity index is 837. The topological polar surface area (TPSA) is 70.9 Å². The van der Waals surface area contributed by atoms with Crippen LogP contribution in [0.3, 0.4) is 0 Å². The summed E-state index contributed by atoms with van der Waals surface area (Å²) < 4.78 is 14.7. The zero-order chi connectivity index (χ0) is 15.5. The molecule has 0 fully saturated rings. The molecule has 1 aromatic carbocycles. The van der Waals surface area contributed by atoms with E-state index < -0.39 is 0 Å². The number of H-pyrrole nitrogens is 1. The summed E-state index contributed by atoms with van der Waals surface area (Å²) in [6.07, 6.45) is 1.56. The molecule has 0 atom stereocenters. The van der Waals surface area contributed by atoms with Crippen LogP contribution in [0.1, 0.15) is 0 Å². The summed E-state index contributed by atoms with van der Waals surface area (Å²) in [4.78, 5) is 14.0. The van der Waals surface area contributed by atoms with Gasteiger partial charge in [0, 0.05) is 23.4 Å². The first-order valence-electron chi connectivity index (χ1n) is 6.81. The molecule has 22 heavy (non-hydrogen) atoms. The molecule has 0 radical (unpaired) electrons. The molecule has 2 aromatic heterocycles. The first kappa shape index (κ1) is 14.2. The lowest BCUT2D eigenvalue weighted by atomic mass is 10.1. The number of aliphatic hydroxyl groups is 1. The molecular formula is C16H14FN3O2. The van der Waals surface area contributed by atoms with Crippen molar-refractivity contribution in [3.05, 3.63) is 64.8 Å². The monoisotopic (exact) mass is 299 g/mol. The van der Waals surface area contributed by atoms with Crippen LogP contribution in [-0.2, 0) is 6.54 Å². The first-order chi connectivity index (χ1) is 10.7. The Labute approximate surface area is 125 Å². The van der Waals surface area contributed by atoms with E-state index in [1.807, 2.05) is 6.07 Å². The van der Waals surface area contributed by atoms with Gasteiger partial charge in [-0.3, -0.25) is 9.48 Å². The summed E-state index contributed by atoms with van der Waals surface area (Å²) in [5.74, 6) is -0.312. The van der Waals surface area contributed by atoms with Crippen molar-refractivity contribution >= 4 is 0 Å². The number of aromatic amines is 1. The number of hydrogen-bond donors (Lipinski definition) is 2. The van der Waals surface area contributed by atoms with Gasteiger partial charge < -0.3 is 10.1 Å². The fourth-order valence-electron chi connectivity index (χ4n) is 2.28. The van der Waals surface area contributed by atoms with Crippen LogP contribution >= 0.6 is 0 Å². The minimum absolute atomic E-state index is 0.0687. The Morgan fingerprint density at radius 3 is 2.59 bits per heavy atom. The molecule has 0 aliphatic heterocycles. The van der Waals surface area contributed by atoms with E-state index in [0.717, 1.165) is 11.3 Å². The van der Waals surface area contributed by atoms with Gasteiger partial charge >= 0.3 is 0 Å². The third-order valence-electron chi connectivity index (χ3n) is 3.30. The van der Waals surface area contributed by atoms with Gasteiger partial charge in [-0.25, -0.2) is 4.39 Å². The Morgan fingerprint density at radius 1 is 1.14 bits per heavy atom. The van der Waals surface area contributed by atoms with E-state index >= 15 is 0 Å². The minimum atomic E-state index is -0.312. The number of benzene rings is 1. The normalized spacial score (nSPS) is 10.8. The second-order valence-corrected chi connectivity index (χ2v) is 4.81. The van der Waals surface area contributed by atoms with Gasteiger partial charge in [0.2, 0.25) is 5.56 Å². The average Bonchev–Trinajstić information content (AvgIpc) is 2.92. The van der Waals surface area contributed by atoms with Crippen molar-refractivity contribution in [1.82, 2.24) is 14.8 Å². The molecule has 0 bridgehead atoms. The highest BCUT2D eigenvalue weighted by atomic mass is 19.1. The average molecular weight is 299 g/mol. The molecule has 0 spiro atoms. The highest BCUT2D eigenvalue weighted by molar-refractivity contribution is 5.68. The number of pyridine rings is 1. The molecule has 112 valence electrons. The second kappa shape index (κ2) is 5.95. The summed E-state index contributed by atoms with van der Waals surface area (Å²) >= 11 is 0. The Morgan fingerprint density at radius 2 is 1.91 bits per heavy atom. The van der Waals surface area contributed by atoms with Crippen molar-refractivity contribution in [3.63, 3.8) is 0 Å². The van der Waals surface area contributed by atoms with Gasteiger partial charge in [-0.15, -0.1) is 0 Å². The number of hydrogen-bond acceptors (Lipinski definition) is 3. The van der Waals surface area contributed by atoms with Gasteiger partial charge in [0.25, 0.3) is 0 Å². The van der Waals surface area contributed by atoms with Crippen LogP contribution < -0.4 is 5.56 Å². The SMILES string of the molecule is O=c1cc(-c2cc(-c3ccc(F)cc3)nn2CCO)cc[nH]1. The summed E-state index contributed by atoms with van der Waals surface area (Å²) in [5.41, 5.74) is 2.64. The fourth-order valence-corrected chi connectivity index (χ4v) is 2.28. The predicted molar refractivity (Wildman–Crippen MR) is 80.8 cm³/mol. The van der Waals surface area contributed by atoms with Gasteiger partial charge in [-0.2, -0.15) is 5.10 Å².